The molecule has 0 aliphatic heterocycles. The highest BCUT2D eigenvalue weighted by atomic mass is 32.2. The fourth-order valence-corrected chi connectivity index (χ4v) is 3.66. The number of hydrogen-bond acceptors (Lipinski definition) is 4. The summed E-state index contributed by atoms with van der Waals surface area (Å²) >= 11 is 1.72. The Bertz CT molecular complexity index is 1050. The Hall–Kier alpha value is -3.38. The Balaban J connectivity index is 1.32. The minimum atomic E-state index is -0.117. The van der Waals surface area contributed by atoms with Crippen molar-refractivity contribution in [3.63, 3.8) is 0 Å². The lowest BCUT2D eigenvalue weighted by Crippen LogP contribution is -2.11. The third-order valence-corrected chi connectivity index (χ3v) is 5.44. The van der Waals surface area contributed by atoms with E-state index in [2.05, 4.69) is 21.5 Å². The molecular formula is C23H20N4OS. The first kappa shape index (κ1) is 19.0. The summed E-state index contributed by atoms with van der Waals surface area (Å²) < 4.78 is 1.86. The highest BCUT2D eigenvalue weighted by Gasteiger charge is 2.07. The van der Waals surface area contributed by atoms with Crippen LogP contribution in [0.5, 0.6) is 0 Å². The van der Waals surface area contributed by atoms with Crippen molar-refractivity contribution in [1.29, 1.82) is 0 Å². The second kappa shape index (κ2) is 9.21. The number of pyridine rings is 1. The molecule has 144 valence electrons. The largest absolute Gasteiger partial charge is 0.322 e. The summed E-state index contributed by atoms with van der Waals surface area (Å²) in [6, 6.07) is 21.4. The standard InChI is InChI=1S/C23H20N4OS/c28-23(26-21-8-4-18(5-9-21)16-27-14-2-13-25-27)20-6-10-22(11-7-20)29-17-19-3-1-12-24-15-19/h1-15H,16-17H2,(H,26,28). The van der Waals surface area contributed by atoms with Gasteiger partial charge in [-0.25, -0.2) is 0 Å². The first-order valence-electron chi connectivity index (χ1n) is 9.26. The van der Waals surface area contributed by atoms with E-state index >= 15 is 0 Å². The monoisotopic (exact) mass is 400 g/mol. The van der Waals surface area contributed by atoms with Gasteiger partial charge < -0.3 is 5.32 Å². The van der Waals surface area contributed by atoms with Gasteiger partial charge in [-0.05, 0) is 59.7 Å². The van der Waals surface area contributed by atoms with Gasteiger partial charge in [-0.1, -0.05) is 18.2 Å². The van der Waals surface area contributed by atoms with Crippen LogP contribution in [-0.4, -0.2) is 20.7 Å². The molecule has 0 saturated heterocycles. The van der Waals surface area contributed by atoms with E-state index in [-0.39, 0.29) is 5.91 Å². The molecule has 1 amide bonds. The predicted octanol–water partition coefficient (Wildman–Crippen LogP) is 4.87. The van der Waals surface area contributed by atoms with Crippen LogP contribution in [0.25, 0.3) is 0 Å². The molecule has 0 radical (unpaired) electrons. The van der Waals surface area contributed by atoms with Crippen molar-refractivity contribution in [2.75, 3.05) is 5.32 Å². The topological polar surface area (TPSA) is 59.8 Å². The van der Waals surface area contributed by atoms with E-state index in [1.165, 1.54) is 5.56 Å². The molecule has 0 saturated carbocycles. The van der Waals surface area contributed by atoms with Crippen LogP contribution in [0.15, 0.2) is 96.4 Å². The number of carbonyl (C=O) groups is 1. The summed E-state index contributed by atoms with van der Waals surface area (Å²) in [7, 11) is 0. The van der Waals surface area contributed by atoms with E-state index in [1.54, 1.807) is 24.2 Å². The predicted molar refractivity (Wildman–Crippen MR) is 116 cm³/mol. The third-order valence-electron chi connectivity index (χ3n) is 4.36. The van der Waals surface area contributed by atoms with Crippen LogP contribution in [-0.2, 0) is 12.3 Å². The number of carbonyl (C=O) groups excluding carboxylic acids is 1. The lowest BCUT2D eigenvalue weighted by atomic mass is 10.2. The average molecular weight is 401 g/mol. The molecule has 0 atom stereocenters. The summed E-state index contributed by atoms with van der Waals surface area (Å²) in [6.07, 6.45) is 7.33. The minimum Gasteiger partial charge on any atom is -0.322 e. The molecule has 4 aromatic rings. The summed E-state index contributed by atoms with van der Waals surface area (Å²) in [5.41, 5.74) is 3.71. The van der Waals surface area contributed by atoms with Crippen LogP contribution in [0.4, 0.5) is 5.69 Å². The van der Waals surface area contributed by atoms with Gasteiger partial charge in [-0.15, -0.1) is 11.8 Å². The minimum absolute atomic E-state index is 0.117. The molecule has 6 heteroatoms. The van der Waals surface area contributed by atoms with Gasteiger partial charge in [0, 0.05) is 46.7 Å². The van der Waals surface area contributed by atoms with Crippen molar-refractivity contribution < 1.29 is 4.79 Å². The van der Waals surface area contributed by atoms with Gasteiger partial charge in [-0.2, -0.15) is 5.10 Å². The van der Waals surface area contributed by atoms with E-state index in [9.17, 15) is 4.79 Å². The van der Waals surface area contributed by atoms with E-state index in [0.717, 1.165) is 21.9 Å². The zero-order valence-corrected chi connectivity index (χ0v) is 16.5. The highest BCUT2D eigenvalue weighted by molar-refractivity contribution is 7.98. The van der Waals surface area contributed by atoms with Gasteiger partial charge in [-0.3, -0.25) is 14.5 Å². The van der Waals surface area contributed by atoms with Crippen LogP contribution >= 0.6 is 11.8 Å². The third kappa shape index (κ3) is 5.33. The van der Waals surface area contributed by atoms with Gasteiger partial charge >= 0.3 is 0 Å². The van der Waals surface area contributed by atoms with Crippen LogP contribution < -0.4 is 5.32 Å². The van der Waals surface area contributed by atoms with E-state index in [1.807, 2.05) is 77.7 Å². The Morgan fingerprint density at radius 3 is 2.45 bits per heavy atom. The van der Waals surface area contributed by atoms with E-state index in [4.69, 9.17) is 0 Å². The lowest BCUT2D eigenvalue weighted by molar-refractivity contribution is 0.102. The molecule has 29 heavy (non-hydrogen) atoms. The zero-order chi connectivity index (χ0) is 19.9. The molecule has 2 aromatic heterocycles. The average Bonchev–Trinajstić information content (AvgIpc) is 3.28. The molecule has 2 heterocycles. The zero-order valence-electron chi connectivity index (χ0n) is 15.7. The highest BCUT2D eigenvalue weighted by Crippen LogP contribution is 2.23. The number of rotatable bonds is 7. The SMILES string of the molecule is O=C(Nc1ccc(Cn2cccn2)cc1)c1ccc(SCc2cccnc2)cc1. The van der Waals surface area contributed by atoms with Gasteiger partial charge in [0.05, 0.1) is 6.54 Å². The van der Waals surface area contributed by atoms with Gasteiger partial charge in [0.25, 0.3) is 5.91 Å². The Morgan fingerprint density at radius 2 is 1.76 bits per heavy atom. The van der Waals surface area contributed by atoms with E-state index in [0.29, 0.717) is 12.1 Å². The summed E-state index contributed by atoms with van der Waals surface area (Å²) in [5.74, 6) is 0.734. The molecule has 0 spiro atoms. The summed E-state index contributed by atoms with van der Waals surface area (Å²) in [5, 5.41) is 7.15. The normalized spacial score (nSPS) is 10.6. The molecule has 4 rings (SSSR count). The maximum atomic E-state index is 12.5. The Labute approximate surface area is 173 Å². The van der Waals surface area contributed by atoms with Crippen molar-refractivity contribution in [2.45, 2.75) is 17.2 Å². The van der Waals surface area contributed by atoms with Gasteiger partial charge in [0.2, 0.25) is 0 Å². The van der Waals surface area contributed by atoms with Crippen LogP contribution in [0, 0.1) is 0 Å². The number of nitrogens with zero attached hydrogens (tertiary/aromatic N) is 3. The van der Waals surface area contributed by atoms with Gasteiger partial charge in [0.15, 0.2) is 0 Å². The first-order chi connectivity index (χ1) is 14.3. The number of benzene rings is 2. The van der Waals surface area contributed by atoms with Crippen molar-refractivity contribution in [1.82, 2.24) is 14.8 Å². The Kier molecular flexibility index (Phi) is 6.02. The molecule has 0 unspecified atom stereocenters. The fraction of sp³-hybridized carbons (Fsp3) is 0.0870. The summed E-state index contributed by atoms with van der Waals surface area (Å²) in [4.78, 5) is 17.8. The lowest BCUT2D eigenvalue weighted by Gasteiger charge is -2.08. The maximum Gasteiger partial charge on any atom is 0.255 e. The number of hydrogen-bond donors (Lipinski definition) is 1. The number of aromatic nitrogens is 3. The molecule has 0 aliphatic rings. The smallest absolute Gasteiger partial charge is 0.255 e. The van der Waals surface area contributed by atoms with Crippen molar-refractivity contribution in [3.8, 4) is 0 Å². The quantitative estimate of drug-likeness (QED) is 0.450. The molecule has 2 aromatic carbocycles. The first-order valence-corrected chi connectivity index (χ1v) is 10.2. The van der Waals surface area contributed by atoms with Crippen molar-refractivity contribution >= 4 is 23.4 Å². The fourth-order valence-electron chi connectivity index (χ4n) is 2.83. The molecule has 5 nitrogen and oxygen atoms in total. The number of amides is 1. The molecular weight excluding hydrogens is 380 g/mol. The molecule has 1 N–H and O–H groups in total. The van der Waals surface area contributed by atoms with Crippen LogP contribution in [0.1, 0.15) is 21.5 Å². The number of thioether (sulfide) groups is 1. The van der Waals surface area contributed by atoms with Crippen molar-refractivity contribution in [3.05, 3.63) is 108 Å². The van der Waals surface area contributed by atoms with Gasteiger partial charge in [0.1, 0.15) is 0 Å². The van der Waals surface area contributed by atoms with E-state index < -0.39 is 0 Å². The number of anilines is 1. The summed E-state index contributed by atoms with van der Waals surface area (Å²) in [6.45, 7) is 0.708. The molecule has 0 fully saturated rings. The second-order valence-electron chi connectivity index (χ2n) is 6.53. The Morgan fingerprint density at radius 1 is 0.931 bits per heavy atom. The number of nitrogens with one attached hydrogen (secondary N) is 1. The second-order valence-corrected chi connectivity index (χ2v) is 7.58. The van der Waals surface area contributed by atoms with Crippen LogP contribution in [0.2, 0.25) is 0 Å². The van der Waals surface area contributed by atoms with Crippen molar-refractivity contribution in [2.24, 2.45) is 0 Å². The molecule has 0 aliphatic carbocycles. The van der Waals surface area contributed by atoms with Crippen LogP contribution in [0.3, 0.4) is 0 Å². The maximum absolute atomic E-state index is 12.5. The molecule has 0 bridgehead atoms.